The van der Waals surface area contributed by atoms with Gasteiger partial charge in [-0.3, -0.25) is 9.59 Å². The van der Waals surface area contributed by atoms with Crippen molar-refractivity contribution in [3.05, 3.63) is 0 Å². The molecule has 3 atom stereocenters. The second-order valence-corrected chi connectivity index (χ2v) is 6.46. The first-order chi connectivity index (χ1) is 11.3. The largest absolute Gasteiger partial charge is 0.460 e. The number of Topliss-reactive ketones (excluding diaryl/α,β-unsaturated/α-hetero) is 1. The lowest BCUT2D eigenvalue weighted by Gasteiger charge is -2.20. The van der Waals surface area contributed by atoms with Crippen LogP contribution >= 0.6 is 0 Å². The number of ether oxygens (including phenoxy) is 4. The molecule has 0 bridgehead atoms. The molecular weight excluding hydrogens is 312 g/mol. The van der Waals surface area contributed by atoms with E-state index < -0.39 is 12.1 Å². The summed E-state index contributed by atoms with van der Waals surface area (Å²) in [4.78, 5) is 23.1. The predicted octanol–water partition coefficient (Wildman–Crippen LogP) is 2.77. The van der Waals surface area contributed by atoms with E-state index in [0.717, 1.165) is 13.0 Å². The molecule has 0 N–H and O–H groups in total. The molecule has 0 aromatic carbocycles. The SMILES string of the molecule is CCCOCC(C)OCC(C)OCC(C)OC(=O)CC(=O)C(C)C. The van der Waals surface area contributed by atoms with Crippen molar-refractivity contribution < 1.29 is 28.5 Å². The molecule has 6 heteroatoms. The molecular formula is C18H34O6. The van der Waals surface area contributed by atoms with Crippen LogP contribution in [0.1, 0.15) is 54.4 Å². The third-order valence-electron chi connectivity index (χ3n) is 3.23. The van der Waals surface area contributed by atoms with Crippen LogP contribution in [0.25, 0.3) is 0 Å². The minimum atomic E-state index is -0.504. The van der Waals surface area contributed by atoms with Crippen LogP contribution in [0.15, 0.2) is 0 Å². The molecule has 0 saturated heterocycles. The Hall–Kier alpha value is -0.980. The maximum absolute atomic E-state index is 11.6. The normalized spacial score (nSPS) is 15.1. The number of carbonyl (C=O) groups is 2. The maximum atomic E-state index is 11.6. The van der Waals surface area contributed by atoms with Gasteiger partial charge in [0.05, 0.1) is 32.0 Å². The van der Waals surface area contributed by atoms with Gasteiger partial charge in [-0.05, 0) is 27.2 Å². The molecule has 0 radical (unpaired) electrons. The first-order valence-corrected chi connectivity index (χ1v) is 8.79. The lowest BCUT2D eigenvalue weighted by atomic mass is 10.1. The summed E-state index contributed by atoms with van der Waals surface area (Å²) in [5.41, 5.74) is 0. The van der Waals surface area contributed by atoms with Gasteiger partial charge in [-0.1, -0.05) is 20.8 Å². The van der Waals surface area contributed by atoms with Gasteiger partial charge >= 0.3 is 5.97 Å². The summed E-state index contributed by atoms with van der Waals surface area (Å²) in [6, 6.07) is 0. The average Bonchev–Trinajstić information content (AvgIpc) is 2.50. The van der Waals surface area contributed by atoms with Gasteiger partial charge in [0, 0.05) is 12.5 Å². The van der Waals surface area contributed by atoms with Crippen LogP contribution in [0, 0.1) is 5.92 Å². The van der Waals surface area contributed by atoms with Crippen LogP contribution in [0.2, 0.25) is 0 Å². The lowest BCUT2D eigenvalue weighted by Crippen LogP contribution is -2.28. The summed E-state index contributed by atoms with van der Waals surface area (Å²) >= 11 is 0. The number of hydrogen-bond acceptors (Lipinski definition) is 6. The van der Waals surface area contributed by atoms with E-state index in [1.54, 1.807) is 20.8 Å². The smallest absolute Gasteiger partial charge is 0.313 e. The Morgan fingerprint density at radius 1 is 0.833 bits per heavy atom. The monoisotopic (exact) mass is 346 g/mol. The van der Waals surface area contributed by atoms with Gasteiger partial charge in [0.1, 0.15) is 18.3 Å². The zero-order chi connectivity index (χ0) is 18.5. The number of rotatable bonds is 14. The van der Waals surface area contributed by atoms with Crippen molar-refractivity contribution in [1.82, 2.24) is 0 Å². The standard InChI is InChI=1S/C18H34O6/c1-7-8-21-10-14(4)22-11-15(5)23-12-16(6)24-18(20)9-17(19)13(2)3/h13-16H,7-12H2,1-6H3. The Kier molecular flexibility index (Phi) is 12.8. The van der Waals surface area contributed by atoms with Gasteiger partial charge in [0.25, 0.3) is 0 Å². The third kappa shape index (κ3) is 12.4. The van der Waals surface area contributed by atoms with Crippen molar-refractivity contribution >= 4 is 11.8 Å². The van der Waals surface area contributed by atoms with Crippen LogP contribution in [-0.4, -0.2) is 56.5 Å². The molecule has 0 saturated carbocycles. The molecule has 0 aliphatic rings. The second kappa shape index (κ2) is 13.3. The van der Waals surface area contributed by atoms with Crippen molar-refractivity contribution in [2.24, 2.45) is 5.92 Å². The summed E-state index contributed by atoms with van der Waals surface area (Å²) in [5.74, 6) is -0.783. The second-order valence-electron chi connectivity index (χ2n) is 6.46. The third-order valence-corrected chi connectivity index (χ3v) is 3.23. The van der Waals surface area contributed by atoms with Crippen molar-refractivity contribution in [3.8, 4) is 0 Å². The van der Waals surface area contributed by atoms with E-state index in [0.29, 0.717) is 13.2 Å². The molecule has 0 aliphatic heterocycles. The topological polar surface area (TPSA) is 71.1 Å². The predicted molar refractivity (Wildman–Crippen MR) is 92.0 cm³/mol. The van der Waals surface area contributed by atoms with E-state index in [4.69, 9.17) is 18.9 Å². The molecule has 24 heavy (non-hydrogen) atoms. The van der Waals surface area contributed by atoms with Crippen LogP contribution in [0.3, 0.4) is 0 Å². The lowest BCUT2D eigenvalue weighted by molar-refractivity contribution is -0.155. The number of esters is 1. The first-order valence-electron chi connectivity index (χ1n) is 8.79. The highest BCUT2D eigenvalue weighted by atomic mass is 16.6. The van der Waals surface area contributed by atoms with Crippen LogP contribution in [-0.2, 0) is 28.5 Å². The number of carbonyl (C=O) groups excluding carboxylic acids is 2. The molecule has 0 aliphatic carbocycles. The zero-order valence-corrected chi connectivity index (χ0v) is 16.0. The summed E-state index contributed by atoms with van der Waals surface area (Å²) in [6.07, 6.45) is 0.309. The average molecular weight is 346 g/mol. The molecule has 142 valence electrons. The Morgan fingerprint density at radius 3 is 1.92 bits per heavy atom. The van der Waals surface area contributed by atoms with Gasteiger partial charge in [0.15, 0.2) is 0 Å². The Morgan fingerprint density at radius 2 is 1.38 bits per heavy atom. The fourth-order valence-electron chi connectivity index (χ4n) is 1.74. The van der Waals surface area contributed by atoms with E-state index in [2.05, 4.69) is 6.92 Å². The zero-order valence-electron chi connectivity index (χ0n) is 16.0. The summed E-state index contributed by atoms with van der Waals surface area (Å²) in [7, 11) is 0. The van der Waals surface area contributed by atoms with Crippen molar-refractivity contribution in [2.75, 3.05) is 26.4 Å². The van der Waals surface area contributed by atoms with Crippen molar-refractivity contribution in [1.29, 1.82) is 0 Å². The minimum absolute atomic E-state index is 0.0138. The summed E-state index contributed by atoms with van der Waals surface area (Å²) < 4.78 is 21.8. The van der Waals surface area contributed by atoms with Gasteiger partial charge in [-0.15, -0.1) is 0 Å². The van der Waals surface area contributed by atoms with Crippen molar-refractivity contribution in [2.45, 2.75) is 72.7 Å². The summed E-state index contributed by atoms with van der Waals surface area (Å²) in [5, 5.41) is 0. The minimum Gasteiger partial charge on any atom is -0.460 e. The molecule has 0 heterocycles. The fraction of sp³-hybridized carbons (Fsp3) is 0.889. The molecule has 0 spiro atoms. The fourth-order valence-corrected chi connectivity index (χ4v) is 1.74. The molecule has 3 unspecified atom stereocenters. The van der Waals surface area contributed by atoms with E-state index >= 15 is 0 Å². The van der Waals surface area contributed by atoms with Crippen LogP contribution < -0.4 is 0 Å². The molecule has 0 amide bonds. The Bertz CT molecular complexity index is 355. The van der Waals surface area contributed by atoms with E-state index in [9.17, 15) is 9.59 Å². The van der Waals surface area contributed by atoms with E-state index in [-0.39, 0.29) is 36.9 Å². The van der Waals surface area contributed by atoms with Gasteiger partial charge in [-0.25, -0.2) is 0 Å². The Labute approximate surface area is 146 Å². The number of hydrogen-bond donors (Lipinski definition) is 0. The van der Waals surface area contributed by atoms with Gasteiger partial charge < -0.3 is 18.9 Å². The summed E-state index contributed by atoms with van der Waals surface area (Å²) in [6.45, 7) is 13.2. The first kappa shape index (κ1) is 23.0. The van der Waals surface area contributed by atoms with E-state index in [1.807, 2.05) is 13.8 Å². The highest BCUT2D eigenvalue weighted by Crippen LogP contribution is 2.04. The molecule has 0 fully saturated rings. The van der Waals surface area contributed by atoms with Crippen LogP contribution in [0.5, 0.6) is 0 Å². The van der Waals surface area contributed by atoms with Crippen LogP contribution in [0.4, 0.5) is 0 Å². The van der Waals surface area contributed by atoms with Gasteiger partial charge in [0.2, 0.25) is 0 Å². The van der Waals surface area contributed by atoms with Crippen molar-refractivity contribution in [3.63, 3.8) is 0 Å². The number of ketones is 1. The molecule has 0 aromatic heterocycles. The quantitative estimate of drug-likeness (QED) is 0.274. The molecule has 0 aromatic rings. The highest BCUT2D eigenvalue weighted by Gasteiger charge is 2.17. The van der Waals surface area contributed by atoms with Gasteiger partial charge in [-0.2, -0.15) is 0 Å². The maximum Gasteiger partial charge on any atom is 0.313 e. The molecule has 6 nitrogen and oxygen atoms in total. The highest BCUT2D eigenvalue weighted by molar-refractivity contribution is 5.96. The molecule has 0 rings (SSSR count). The Balaban J connectivity index is 3.83. The van der Waals surface area contributed by atoms with E-state index in [1.165, 1.54) is 0 Å².